The minimum Gasteiger partial charge on any atom is -1.00 e. The number of carbonyl (C=O) groups excluding carboxylic acids is 2. The fourth-order valence-electron chi connectivity index (χ4n) is 3.03. The molecule has 1 aliphatic rings. The summed E-state index contributed by atoms with van der Waals surface area (Å²) < 4.78 is 0. The van der Waals surface area contributed by atoms with Gasteiger partial charge in [0.15, 0.2) is 0 Å². The molecule has 2 aromatic rings. The van der Waals surface area contributed by atoms with Gasteiger partial charge in [-0.05, 0) is 24.1 Å². The standard InChI is InChI=1S/C18H21N3O2S.ClH/c1-2-21-9-8-13-14(11-21)24-18(16(13)17(19)23)20-15(22)10-12-6-4-3-5-7-12;/h3-7H,2,8-11H2,1H3,(H2,19,23)(H,20,22);1H/p-1. The Morgan fingerprint density at radius 3 is 2.64 bits per heavy atom. The predicted octanol–water partition coefficient (Wildman–Crippen LogP) is -0.590. The van der Waals surface area contributed by atoms with Crippen molar-refractivity contribution in [2.45, 2.75) is 26.3 Å². The lowest BCUT2D eigenvalue weighted by Gasteiger charge is -2.25. The highest BCUT2D eigenvalue weighted by atomic mass is 35.5. The number of benzene rings is 1. The van der Waals surface area contributed by atoms with E-state index in [9.17, 15) is 9.59 Å². The van der Waals surface area contributed by atoms with Crippen LogP contribution in [0.4, 0.5) is 5.00 Å². The Morgan fingerprint density at radius 2 is 2.00 bits per heavy atom. The molecule has 134 valence electrons. The summed E-state index contributed by atoms with van der Waals surface area (Å²) >= 11 is 1.47. The number of halogens is 1. The van der Waals surface area contributed by atoms with E-state index >= 15 is 0 Å². The number of nitrogens with zero attached hydrogens (tertiary/aromatic N) is 1. The van der Waals surface area contributed by atoms with Crippen molar-refractivity contribution < 1.29 is 22.0 Å². The van der Waals surface area contributed by atoms with E-state index in [0.29, 0.717) is 10.6 Å². The van der Waals surface area contributed by atoms with Crippen LogP contribution in [-0.2, 0) is 24.2 Å². The zero-order chi connectivity index (χ0) is 17.1. The van der Waals surface area contributed by atoms with Crippen molar-refractivity contribution >= 4 is 28.2 Å². The Balaban J connectivity index is 0.00000225. The first-order chi connectivity index (χ1) is 11.6. The summed E-state index contributed by atoms with van der Waals surface area (Å²) in [5.41, 5.74) is 8.02. The van der Waals surface area contributed by atoms with E-state index in [1.54, 1.807) is 0 Å². The molecule has 3 N–H and O–H groups in total. The fourth-order valence-corrected chi connectivity index (χ4v) is 4.34. The number of carbonyl (C=O) groups is 2. The van der Waals surface area contributed by atoms with E-state index in [2.05, 4.69) is 17.1 Å². The molecule has 2 heterocycles. The SMILES string of the molecule is CCN1CCc2c(sc(NC(=O)Cc3ccccc3)c2C(N)=O)C1.[Cl-]. The maximum atomic E-state index is 12.3. The zero-order valence-electron chi connectivity index (χ0n) is 14.0. The van der Waals surface area contributed by atoms with Gasteiger partial charge in [-0.15, -0.1) is 11.3 Å². The van der Waals surface area contributed by atoms with Crippen LogP contribution in [-0.4, -0.2) is 29.8 Å². The maximum absolute atomic E-state index is 12.3. The average molecular weight is 379 g/mol. The van der Waals surface area contributed by atoms with Gasteiger partial charge in [-0.3, -0.25) is 14.5 Å². The molecule has 1 aromatic carbocycles. The molecular weight excluding hydrogens is 358 g/mol. The summed E-state index contributed by atoms with van der Waals surface area (Å²) in [6.07, 6.45) is 1.08. The molecule has 0 bridgehead atoms. The largest absolute Gasteiger partial charge is 1.00 e. The lowest BCUT2D eigenvalue weighted by molar-refractivity contribution is -0.115. The molecule has 0 fully saturated rings. The molecule has 25 heavy (non-hydrogen) atoms. The monoisotopic (exact) mass is 378 g/mol. The van der Waals surface area contributed by atoms with Crippen molar-refractivity contribution in [2.24, 2.45) is 5.73 Å². The van der Waals surface area contributed by atoms with Crippen LogP contribution in [0, 0.1) is 0 Å². The van der Waals surface area contributed by atoms with Crippen molar-refractivity contribution in [1.29, 1.82) is 0 Å². The van der Waals surface area contributed by atoms with E-state index in [1.165, 1.54) is 11.3 Å². The van der Waals surface area contributed by atoms with Crippen LogP contribution in [0.1, 0.15) is 33.3 Å². The first-order valence-corrected chi connectivity index (χ1v) is 8.90. The molecule has 0 unspecified atom stereocenters. The number of thiophene rings is 1. The third-order valence-corrected chi connectivity index (χ3v) is 5.42. The van der Waals surface area contributed by atoms with Crippen LogP contribution in [0.3, 0.4) is 0 Å². The van der Waals surface area contributed by atoms with Gasteiger partial charge >= 0.3 is 0 Å². The lowest BCUT2D eigenvalue weighted by atomic mass is 10.0. The molecule has 1 aliphatic heterocycles. The summed E-state index contributed by atoms with van der Waals surface area (Å²) in [6, 6.07) is 9.54. The third-order valence-electron chi connectivity index (χ3n) is 4.29. The molecule has 0 aliphatic carbocycles. The Kier molecular flexibility index (Phi) is 6.58. The molecule has 1 aromatic heterocycles. The van der Waals surface area contributed by atoms with Gasteiger partial charge in [0.25, 0.3) is 5.91 Å². The first kappa shape index (κ1) is 19.4. The molecule has 3 rings (SSSR count). The van der Waals surface area contributed by atoms with Crippen LogP contribution in [0.2, 0.25) is 0 Å². The van der Waals surface area contributed by atoms with E-state index in [1.807, 2.05) is 30.3 Å². The number of anilines is 1. The highest BCUT2D eigenvalue weighted by Gasteiger charge is 2.27. The molecule has 0 radical (unpaired) electrons. The third kappa shape index (κ3) is 4.39. The normalized spacial score (nSPS) is 13.6. The van der Waals surface area contributed by atoms with Gasteiger partial charge in [-0.25, -0.2) is 0 Å². The second-order valence-corrected chi connectivity index (χ2v) is 7.01. The van der Waals surface area contributed by atoms with E-state index in [0.717, 1.165) is 42.1 Å². The number of rotatable bonds is 5. The number of hydrogen-bond donors (Lipinski definition) is 2. The van der Waals surface area contributed by atoms with Crippen molar-refractivity contribution in [3.63, 3.8) is 0 Å². The van der Waals surface area contributed by atoms with Crippen molar-refractivity contribution in [3.05, 3.63) is 51.9 Å². The van der Waals surface area contributed by atoms with Crippen molar-refractivity contribution in [1.82, 2.24) is 4.90 Å². The molecular formula is C18H21ClN3O2S-. The molecule has 2 amide bonds. The quantitative estimate of drug-likeness (QED) is 0.730. The predicted molar refractivity (Wildman–Crippen MR) is 96.3 cm³/mol. The summed E-state index contributed by atoms with van der Waals surface area (Å²) in [6.45, 7) is 4.82. The number of primary amides is 1. The van der Waals surface area contributed by atoms with Gasteiger partial charge in [0.1, 0.15) is 5.00 Å². The summed E-state index contributed by atoms with van der Waals surface area (Å²) in [4.78, 5) is 27.7. The van der Waals surface area contributed by atoms with Crippen molar-refractivity contribution in [2.75, 3.05) is 18.4 Å². The van der Waals surface area contributed by atoms with Crippen LogP contribution < -0.4 is 23.5 Å². The van der Waals surface area contributed by atoms with Crippen LogP contribution in [0.25, 0.3) is 0 Å². The number of likely N-dealkylation sites (N-methyl/N-ethyl adjacent to an activating group) is 1. The summed E-state index contributed by atoms with van der Waals surface area (Å²) in [5, 5.41) is 3.48. The number of hydrogen-bond acceptors (Lipinski definition) is 4. The second-order valence-electron chi connectivity index (χ2n) is 5.90. The topological polar surface area (TPSA) is 75.4 Å². The van der Waals surface area contributed by atoms with Crippen molar-refractivity contribution in [3.8, 4) is 0 Å². The first-order valence-electron chi connectivity index (χ1n) is 8.09. The van der Waals surface area contributed by atoms with Gasteiger partial charge in [0.05, 0.1) is 12.0 Å². The van der Waals surface area contributed by atoms with E-state index in [-0.39, 0.29) is 24.7 Å². The molecule has 0 spiro atoms. The summed E-state index contributed by atoms with van der Waals surface area (Å²) in [7, 11) is 0. The average Bonchev–Trinajstić information content (AvgIpc) is 2.92. The van der Waals surface area contributed by atoms with E-state index in [4.69, 9.17) is 5.73 Å². The van der Waals surface area contributed by atoms with Gasteiger partial charge in [0.2, 0.25) is 5.91 Å². The van der Waals surface area contributed by atoms with Gasteiger partial charge in [0, 0.05) is 18.0 Å². The maximum Gasteiger partial charge on any atom is 0.251 e. The van der Waals surface area contributed by atoms with Crippen LogP contribution >= 0.6 is 11.3 Å². The molecule has 5 nitrogen and oxygen atoms in total. The summed E-state index contributed by atoms with van der Waals surface area (Å²) in [5.74, 6) is -0.595. The second kappa shape index (κ2) is 8.47. The molecule has 0 atom stereocenters. The molecule has 7 heteroatoms. The zero-order valence-corrected chi connectivity index (χ0v) is 15.6. The minimum absolute atomic E-state index is 0. The van der Waals surface area contributed by atoms with Gasteiger partial charge in [-0.1, -0.05) is 37.3 Å². The Labute approximate surface area is 157 Å². The minimum atomic E-state index is -0.465. The molecule has 0 saturated carbocycles. The van der Waals surface area contributed by atoms with E-state index < -0.39 is 5.91 Å². The van der Waals surface area contributed by atoms with Crippen LogP contribution in [0.5, 0.6) is 0 Å². The number of nitrogens with two attached hydrogens (primary N) is 1. The molecule has 0 saturated heterocycles. The highest BCUT2D eigenvalue weighted by Crippen LogP contribution is 2.36. The van der Waals surface area contributed by atoms with Gasteiger partial charge < -0.3 is 23.5 Å². The number of nitrogens with one attached hydrogen (secondary N) is 1. The lowest BCUT2D eigenvalue weighted by Crippen LogP contribution is -3.00. The number of amides is 2. The Bertz CT molecular complexity index is 761. The highest BCUT2D eigenvalue weighted by molar-refractivity contribution is 7.17. The van der Waals surface area contributed by atoms with Crippen LogP contribution in [0.15, 0.2) is 30.3 Å². The fraction of sp³-hybridized carbons (Fsp3) is 0.333. The number of fused-ring (bicyclic) bond motifs is 1. The Morgan fingerprint density at radius 1 is 1.28 bits per heavy atom. The van der Waals surface area contributed by atoms with Gasteiger partial charge in [-0.2, -0.15) is 0 Å². The Hall–Kier alpha value is -1.89. The smallest absolute Gasteiger partial charge is 0.251 e.